The smallest absolute Gasteiger partial charge is 0.361 e. The van der Waals surface area contributed by atoms with Gasteiger partial charge >= 0.3 is 5.97 Å². The van der Waals surface area contributed by atoms with Gasteiger partial charge in [-0.3, -0.25) is 9.36 Å². The molecule has 0 N–H and O–H groups in total. The number of ether oxygens (including phenoxy) is 2. The second-order valence-corrected chi connectivity index (χ2v) is 4.92. The van der Waals surface area contributed by atoms with Crippen LogP contribution in [0.25, 0.3) is 11.4 Å². The molecule has 0 aromatic carbocycles. The van der Waals surface area contributed by atoms with Crippen LogP contribution < -0.4 is 10.3 Å². The predicted molar refractivity (Wildman–Crippen MR) is 79.9 cm³/mol. The van der Waals surface area contributed by atoms with Crippen LogP contribution in [0.4, 0.5) is 0 Å². The highest BCUT2D eigenvalue weighted by atomic mass is 32.1. The molecule has 0 saturated carbocycles. The number of rotatable bonds is 5. The molecular weight excluding hydrogens is 292 g/mol. The van der Waals surface area contributed by atoms with Gasteiger partial charge in [0.15, 0.2) is 5.69 Å². The van der Waals surface area contributed by atoms with Crippen molar-refractivity contribution < 1.29 is 14.3 Å². The second-order valence-electron chi connectivity index (χ2n) is 4.14. The summed E-state index contributed by atoms with van der Waals surface area (Å²) < 4.78 is 11.6. The summed E-state index contributed by atoms with van der Waals surface area (Å²) in [5, 5.41) is 3.74. The molecule has 0 fully saturated rings. The predicted octanol–water partition coefficient (Wildman–Crippen LogP) is 2.08. The van der Waals surface area contributed by atoms with Crippen molar-refractivity contribution >= 4 is 17.3 Å². The lowest BCUT2D eigenvalue weighted by molar-refractivity contribution is 0.0514. The fraction of sp³-hybridized carbons (Fsp3) is 0.357. The molecule has 0 spiro atoms. The van der Waals surface area contributed by atoms with Gasteiger partial charge in [-0.1, -0.05) is 0 Å². The SMILES string of the molecule is CCOC(=O)c1nc(-c2ccsc2)n(C)c(=O)c1OCC. The van der Waals surface area contributed by atoms with Crippen LogP contribution >= 0.6 is 11.3 Å². The van der Waals surface area contributed by atoms with Gasteiger partial charge < -0.3 is 9.47 Å². The minimum absolute atomic E-state index is 0.0718. The number of esters is 1. The Bertz CT molecular complexity index is 692. The van der Waals surface area contributed by atoms with Gasteiger partial charge in [-0.2, -0.15) is 11.3 Å². The van der Waals surface area contributed by atoms with E-state index in [0.717, 1.165) is 5.56 Å². The van der Waals surface area contributed by atoms with Crippen LogP contribution in [0.3, 0.4) is 0 Å². The van der Waals surface area contributed by atoms with Crippen LogP contribution in [-0.2, 0) is 11.8 Å². The summed E-state index contributed by atoms with van der Waals surface area (Å²) in [6.07, 6.45) is 0. The van der Waals surface area contributed by atoms with E-state index in [-0.39, 0.29) is 24.7 Å². The van der Waals surface area contributed by atoms with Crippen molar-refractivity contribution in [3.05, 3.63) is 32.9 Å². The van der Waals surface area contributed by atoms with E-state index in [0.29, 0.717) is 5.82 Å². The van der Waals surface area contributed by atoms with E-state index in [1.165, 1.54) is 15.9 Å². The Morgan fingerprint density at radius 1 is 1.38 bits per heavy atom. The van der Waals surface area contributed by atoms with Crippen LogP contribution in [0.1, 0.15) is 24.3 Å². The largest absolute Gasteiger partial charge is 0.486 e. The Labute approximate surface area is 126 Å². The number of hydrogen-bond acceptors (Lipinski definition) is 6. The number of carbonyl (C=O) groups is 1. The third-order valence-corrected chi connectivity index (χ3v) is 3.47. The summed E-state index contributed by atoms with van der Waals surface area (Å²) in [6.45, 7) is 3.90. The molecule has 0 unspecified atom stereocenters. The first-order valence-electron chi connectivity index (χ1n) is 6.53. The average molecular weight is 308 g/mol. The van der Waals surface area contributed by atoms with Crippen molar-refractivity contribution in [1.82, 2.24) is 9.55 Å². The first-order chi connectivity index (χ1) is 10.1. The molecule has 7 heteroatoms. The summed E-state index contributed by atoms with van der Waals surface area (Å²) in [6, 6.07) is 1.84. The lowest BCUT2D eigenvalue weighted by atomic mass is 10.2. The molecule has 2 heterocycles. The zero-order valence-electron chi connectivity index (χ0n) is 12.1. The first kappa shape index (κ1) is 15.2. The van der Waals surface area contributed by atoms with Gasteiger partial charge in [-0.25, -0.2) is 9.78 Å². The monoisotopic (exact) mass is 308 g/mol. The Kier molecular flexibility index (Phi) is 4.74. The second kappa shape index (κ2) is 6.53. The van der Waals surface area contributed by atoms with Gasteiger partial charge in [-0.05, 0) is 25.3 Å². The molecule has 2 aromatic heterocycles. The maximum atomic E-state index is 12.4. The summed E-state index contributed by atoms with van der Waals surface area (Å²) in [5.41, 5.74) is 0.285. The molecule has 0 bridgehead atoms. The van der Waals surface area contributed by atoms with E-state index in [1.54, 1.807) is 20.9 Å². The van der Waals surface area contributed by atoms with Crippen LogP contribution in [0, 0.1) is 0 Å². The van der Waals surface area contributed by atoms with Crippen LogP contribution in [-0.4, -0.2) is 28.7 Å². The Hall–Kier alpha value is -2.15. The number of aromatic nitrogens is 2. The lowest BCUT2D eigenvalue weighted by Crippen LogP contribution is -2.26. The van der Waals surface area contributed by atoms with Crippen molar-refractivity contribution in [1.29, 1.82) is 0 Å². The molecule has 0 aliphatic carbocycles. The van der Waals surface area contributed by atoms with Crippen molar-refractivity contribution in [2.45, 2.75) is 13.8 Å². The molecule has 6 nitrogen and oxygen atoms in total. The van der Waals surface area contributed by atoms with Crippen LogP contribution in [0.5, 0.6) is 5.75 Å². The van der Waals surface area contributed by atoms with E-state index in [9.17, 15) is 9.59 Å². The van der Waals surface area contributed by atoms with E-state index in [4.69, 9.17) is 9.47 Å². The molecular formula is C14H16N2O4S. The normalized spacial score (nSPS) is 10.4. The maximum absolute atomic E-state index is 12.4. The molecule has 21 heavy (non-hydrogen) atoms. The molecule has 0 saturated heterocycles. The van der Waals surface area contributed by atoms with Crippen molar-refractivity contribution in [3.63, 3.8) is 0 Å². The van der Waals surface area contributed by atoms with Crippen LogP contribution in [0.15, 0.2) is 21.6 Å². The molecule has 2 rings (SSSR count). The molecule has 0 atom stereocenters. The molecule has 0 amide bonds. The number of nitrogens with zero attached hydrogens (tertiary/aromatic N) is 2. The van der Waals surface area contributed by atoms with E-state index < -0.39 is 11.5 Å². The number of hydrogen-bond donors (Lipinski definition) is 0. The zero-order chi connectivity index (χ0) is 15.4. The van der Waals surface area contributed by atoms with Crippen molar-refractivity contribution in [2.75, 3.05) is 13.2 Å². The number of carbonyl (C=O) groups excluding carboxylic acids is 1. The highest BCUT2D eigenvalue weighted by Crippen LogP contribution is 2.22. The highest BCUT2D eigenvalue weighted by Gasteiger charge is 2.23. The molecule has 0 aliphatic heterocycles. The average Bonchev–Trinajstić information content (AvgIpc) is 2.98. The fourth-order valence-electron chi connectivity index (χ4n) is 1.84. The van der Waals surface area contributed by atoms with Gasteiger partial charge in [-0.15, -0.1) is 0 Å². The van der Waals surface area contributed by atoms with Crippen molar-refractivity contribution in [3.8, 4) is 17.1 Å². The van der Waals surface area contributed by atoms with Gasteiger partial charge in [0.25, 0.3) is 5.56 Å². The number of thiophene rings is 1. The fourth-order valence-corrected chi connectivity index (χ4v) is 2.48. The lowest BCUT2D eigenvalue weighted by Gasteiger charge is -2.13. The highest BCUT2D eigenvalue weighted by molar-refractivity contribution is 7.08. The Morgan fingerprint density at radius 3 is 2.71 bits per heavy atom. The van der Waals surface area contributed by atoms with E-state index >= 15 is 0 Å². The summed E-state index contributed by atoms with van der Waals surface area (Å²) in [7, 11) is 1.60. The van der Waals surface area contributed by atoms with E-state index in [1.807, 2.05) is 16.8 Å². The molecule has 0 aliphatic rings. The van der Waals surface area contributed by atoms with Gasteiger partial charge in [0, 0.05) is 18.0 Å². The molecule has 2 aromatic rings. The topological polar surface area (TPSA) is 70.4 Å². The summed E-state index contributed by atoms with van der Waals surface area (Å²) in [4.78, 5) is 28.7. The Balaban J connectivity index is 2.66. The van der Waals surface area contributed by atoms with Crippen molar-refractivity contribution in [2.24, 2.45) is 7.05 Å². The van der Waals surface area contributed by atoms with Gasteiger partial charge in [0.05, 0.1) is 13.2 Å². The summed E-state index contributed by atoms with van der Waals surface area (Å²) >= 11 is 1.49. The quantitative estimate of drug-likeness (QED) is 0.791. The minimum atomic E-state index is -0.657. The third kappa shape index (κ3) is 2.97. The zero-order valence-corrected chi connectivity index (χ0v) is 12.9. The first-order valence-corrected chi connectivity index (χ1v) is 7.47. The minimum Gasteiger partial charge on any atom is -0.486 e. The molecule has 0 radical (unpaired) electrons. The van der Waals surface area contributed by atoms with Crippen LogP contribution in [0.2, 0.25) is 0 Å². The standard InChI is InChI=1S/C14H16N2O4S/c1-4-19-11-10(14(18)20-5-2)15-12(16(3)13(11)17)9-6-7-21-8-9/h6-8H,4-5H2,1-3H3. The maximum Gasteiger partial charge on any atom is 0.361 e. The third-order valence-electron chi connectivity index (χ3n) is 2.79. The Morgan fingerprint density at radius 2 is 2.14 bits per heavy atom. The summed E-state index contributed by atoms with van der Waals surface area (Å²) in [5.74, 6) is -0.319. The van der Waals surface area contributed by atoms with E-state index in [2.05, 4.69) is 4.98 Å². The van der Waals surface area contributed by atoms with Gasteiger partial charge in [0.1, 0.15) is 5.82 Å². The van der Waals surface area contributed by atoms with Gasteiger partial charge in [0.2, 0.25) is 5.75 Å². The molecule has 112 valence electrons.